The summed E-state index contributed by atoms with van der Waals surface area (Å²) in [4.78, 5) is 21.6. The van der Waals surface area contributed by atoms with Crippen LogP contribution < -0.4 is 0 Å². The maximum Gasteiger partial charge on any atom is 0.338 e. The van der Waals surface area contributed by atoms with Gasteiger partial charge in [0.2, 0.25) is 0 Å². The Bertz CT molecular complexity index is 422. The van der Waals surface area contributed by atoms with E-state index < -0.39 is 10.9 Å². The lowest BCUT2D eigenvalue weighted by molar-refractivity contribution is -0.384. The fourth-order valence-electron chi connectivity index (χ4n) is 1.54. The van der Waals surface area contributed by atoms with Crippen molar-refractivity contribution in [3.8, 4) is 0 Å². The van der Waals surface area contributed by atoms with Crippen LogP contribution in [0.2, 0.25) is 0 Å². The van der Waals surface area contributed by atoms with Crippen molar-refractivity contribution >= 4 is 11.7 Å². The van der Waals surface area contributed by atoms with E-state index in [2.05, 4.69) is 0 Å². The highest BCUT2D eigenvalue weighted by Crippen LogP contribution is 2.15. The smallest absolute Gasteiger partial charge is 0.338 e. The van der Waals surface area contributed by atoms with E-state index in [1.165, 1.54) is 24.3 Å². The first-order valence-corrected chi connectivity index (χ1v) is 5.20. The van der Waals surface area contributed by atoms with E-state index in [-0.39, 0.29) is 11.8 Å². The minimum Gasteiger partial charge on any atom is -0.456 e. The van der Waals surface area contributed by atoms with Gasteiger partial charge < -0.3 is 9.47 Å². The van der Waals surface area contributed by atoms with Gasteiger partial charge in [-0.25, -0.2) is 4.79 Å². The van der Waals surface area contributed by atoms with Crippen LogP contribution in [0.5, 0.6) is 0 Å². The van der Waals surface area contributed by atoms with Gasteiger partial charge in [-0.1, -0.05) is 0 Å². The van der Waals surface area contributed by atoms with Crippen molar-refractivity contribution in [3.63, 3.8) is 0 Å². The van der Waals surface area contributed by atoms with Crippen LogP contribution in [-0.4, -0.2) is 30.2 Å². The summed E-state index contributed by atoms with van der Waals surface area (Å²) in [5.74, 6) is -0.476. The van der Waals surface area contributed by atoms with Crippen LogP contribution in [0.4, 0.5) is 5.69 Å². The number of rotatable bonds is 3. The molecule has 0 N–H and O–H groups in total. The minimum absolute atomic E-state index is 0.0502. The molecule has 6 heteroatoms. The molecular weight excluding hydrogens is 226 g/mol. The summed E-state index contributed by atoms with van der Waals surface area (Å²) in [6, 6.07) is 5.33. The molecule has 1 heterocycles. The van der Waals surface area contributed by atoms with Gasteiger partial charge in [0.05, 0.1) is 23.7 Å². The molecule has 0 radical (unpaired) electrons. The maximum atomic E-state index is 11.6. The molecule has 0 aromatic heterocycles. The Morgan fingerprint density at radius 1 is 1.41 bits per heavy atom. The zero-order valence-corrected chi connectivity index (χ0v) is 9.00. The number of nitrogens with zero attached hydrogens (tertiary/aromatic N) is 1. The monoisotopic (exact) mass is 237 g/mol. The van der Waals surface area contributed by atoms with E-state index >= 15 is 0 Å². The first-order valence-electron chi connectivity index (χ1n) is 5.20. The molecule has 6 nitrogen and oxygen atoms in total. The van der Waals surface area contributed by atoms with Crippen LogP contribution in [-0.2, 0) is 9.47 Å². The Balaban J connectivity index is 2.01. The number of carbonyl (C=O) groups excluding carboxylic acids is 1. The first kappa shape index (κ1) is 11.5. The predicted molar refractivity (Wildman–Crippen MR) is 57.7 cm³/mol. The molecule has 1 saturated heterocycles. The quantitative estimate of drug-likeness (QED) is 0.452. The van der Waals surface area contributed by atoms with Gasteiger partial charge in [0.15, 0.2) is 0 Å². The number of carbonyl (C=O) groups is 1. The molecule has 1 atom stereocenters. The molecule has 0 bridgehead atoms. The first-order chi connectivity index (χ1) is 8.16. The molecule has 0 amide bonds. The summed E-state index contributed by atoms with van der Waals surface area (Å²) in [5, 5.41) is 10.4. The molecule has 0 unspecified atom stereocenters. The fraction of sp³-hybridized carbons (Fsp3) is 0.364. The van der Waals surface area contributed by atoms with E-state index in [1.54, 1.807) is 0 Å². The lowest BCUT2D eigenvalue weighted by Crippen LogP contribution is -2.18. The van der Waals surface area contributed by atoms with E-state index in [0.29, 0.717) is 25.2 Å². The van der Waals surface area contributed by atoms with Crippen molar-refractivity contribution in [2.75, 3.05) is 13.2 Å². The molecule has 1 fully saturated rings. The predicted octanol–water partition coefficient (Wildman–Crippen LogP) is 1.54. The van der Waals surface area contributed by atoms with Crippen molar-refractivity contribution in [3.05, 3.63) is 39.9 Å². The number of nitro groups is 1. The molecule has 0 aliphatic carbocycles. The zero-order chi connectivity index (χ0) is 12.3. The van der Waals surface area contributed by atoms with Crippen LogP contribution >= 0.6 is 0 Å². The SMILES string of the molecule is O=C(O[C@H]1CCOC1)c1ccc([N+](=O)[O-])cc1. The molecule has 0 saturated carbocycles. The molecule has 17 heavy (non-hydrogen) atoms. The van der Waals surface area contributed by atoms with Crippen LogP contribution in [0.3, 0.4) is 0 Å². The Morgan fingerprint density at radius 2 is 2.12 bits per heavy atom. The van der Waals surface area contributed by atoms with Crippen molar-refractivity contribution in [2.45, 2.75) is 12.5 Å². The second-order valence-corrected chi connectivity index (χ2v) is 3.69. The third-order valence-corrected chi connectivity index (χ3v) is 2.48. The Hall–Kier alpha value is -1.95. The second-order valence-electron chi connectivity index (χ2n) is 3.69. The second kappa shape index (κ2) is 4.92. The molecule has 0 spiro atoms. The van der Waals surface area contributed by atoms with Gasteiger partial charge >= 0.3 is 5.97 Å². The van der Waals surface area contributed by atoms with Crippen molar-refractivity contribution in [1.29, 1.82) is 0 Å². The minimum atomic E-state index is -0.514. The number of hydrogen-bond donors (Lipinski definition) is 0. The average molecular weight is 237 g/mol. The van der Waals surface area contributed by atoms with Gasteiger partial charge in [-0.05, 0) is 12.1 Å². The van der Waals surface area contributed by atoms with Gasteiger partial charge in [-0.3, -0.25) is 10.1 Å². The van der Waals surface area contributed by atoms with Crippen molar-refractivity contribution < 1.29 is 19.2 Å². The fourth-order valence-corrected chi connectivity index (χ4v) is 1.54. The highest BCUT2D eigenvalue weighted by atomic mass is 16.6. The highest BCUT2D eigenvalue weighted by molar-refractivity contribution is 5.89. The number of hydrogen-bond acceptors (Lipinski definition) is 5. The summed E-state index contributed by atoms with van der Waals surface area (Å²) in [6.45, 7) is 1.01. The number of ether oxygens (including phenoxy) is 2. The third kappa shape index (κ3) is 2.79. The lowest BCUT2D eigenvalue weighted by Gasteiger charge is -2.09. The molecule has 1 aliphatic heterocycles. The average Bonchev–Trinajstić information content (AvgIpc) is 2.82. The number of nitro benzene ring substituents is 1. The van der Waals surface area contributed by atoms with Gasteiger partial charge in [-0.2, -0.15) is 0 Å². The van der Waals surface area contributed by atoms with E-state index in [9.17, 15) is 14.9 Å². The summed E-state index contributed by atoms with van der Waals surface area (Å²) >= 11 is 0. The summed E-state index contributed by atoms with van der Waals surface area (Å²) in [7, 11) is 0. The maximum absolute atomic E-state index is 11.6. The Labute approximate surface area is 97.3 Å². The lowest BCUT2D eigenvalue weighted by atomic mass is 10.2. The Kier molecular flexibility index (Phi) is 3.34. The van der Waals surface area contributed by atoms with Crippen LogP contribution in [0.15, 0.2) is 24.3 Å². The third-order valence-electron chi connectivity index (χ3n) is 2.48. The Morgan fingerprint density at radius 3 is 2.65 bits per heavy atom. The molecule has 1 aliphatic rings. The van der Waals surface area contributed by atoms with E-state index in [1.807, 2.05) is 0 Å². The van der Waals surface area contributed by atoms with Gasteiger partial charge in [0.25, 0.3) is 5.69 Å². The van der Waals surface area contributed by atoms with E-state index in [0.717, 1.165) is 0 Å². The molecule has 1 aromatic carbocycles. The van der Waals surface area contributed by atoms with Crippen LogP contribution in [0.25, 0.3) is 0 Å². The molecule has 1 aromatic rings. The normalized spacial score (nSPS) is 18.9. The van der Waals surface area contributed by atoms with Crippen molar-refractivity contribution in [1.82, 2.24) is 0 Å². The number of benzene rings is 1. The van der Waals surface area contributed by atoms with Gasteiger partial charge in [-0.15, -0.1) is 0 Å². The molecule has 90 valence electrons. The molecule has 2 rings (SSSR count). The van der Waals surface area contributed by atoms with Gasteiger partial charge in [0, 0.05) is 18.6 Å². The highest BCUT2D eigenvalue weighted by Gasteiger charge is 2.21. The van der Waals surface area contributed by atoms with E-state index in [4.69, 9.17) is 9.47 Å². The number of esters is 1. The van der Waals surface area contributed by atoms with Gasteiger partial charge in [0.1, 0.15) is 6.10 Å². The van der Waals surface area contributed by atoms with Crippen molar-refractivity contribution in [2.24, 2.45) is 0 Å². The summed E-state index contributed by atoms with van der Waals surface area (Å²) in [6.07, 6.45) is 0.483. The summed E-state index contributed by atoms with van der Waals surface area (Å²) in [5.41, 5.74) is 0.258. The summed E-state index contributed by atoms with van der Waals surface area (Å²) < 4.78 is 10.2. The largest absolute Gasteiger partial charge is 0.456 e. The number of non-ortho nitro benzene ring substituents is 1. The van der Waals surface area contributed by atoms with Crippen LogP contribution in [0.1, 0.15) is 16.8 Å². The topological polar surface area (TPSA) is 78.7 Å². The van der Waals surface area contributed by atoms with Crippen LogP contribution in [0, 0.1) is 10.1 Å². The standard InChI is InChI=1S/C11H11NO5/c13-11(17-10-5-6-16-7-10)8-1-3-9(4-2-8)12(14)15/h1-4,10H,5-7H2/t10-/m0/s1. The zero-order valence-electron chi connectivity index (χ0n) is 9.00. The molecular formula is C11H11NO5.